The molecule has 0 heterocycles. The normalized spacial score (nSPS) is 13.9. The molecule has 0 aromatic heterocycles. The Balaban J connectivity index is -0.000000574. The summed E-state index contributed by atoms with van der Waals surface area (Å²) in [7, 11) is 0. The van der Waals surface area contributed by atoms with Crippen LogP contribution in [0.4, 0.5) is 0 Å². The van der Waals surface area contributed by atoms with Crippen LogP contribution >= 0.6 is 80.6 Å². The SMILES string of the molecule is CCCC[N+](CCCC)(CCCC)CCCC.CCCC[N+](CCCC)(CCCC)CCCC.[Br][Re-2]([Br])([Br])([Br])([Br])[Br]. The van der Waals surface area contributed by atoms with Gasteiger partial charge in [0.1, 0.15) is 0 Å². The fourth-order valence-electron chi connectivity index (χ4n) is 5.29. The first-order valence-electron chi connectivity index (χ1n) is 17.0. The summed E-state index contributed by atoms with van der Waals surface area (Å²) in [5, 5.41) is 0. The van der Waals surface area contributed by atoms with E-state index in [-0.39, 0.29) is 0 Å². The third-order valence-electron chi connectivity index (χ3n) is 7.89. The Labute approximate surface area is 297 Å². The molecule has 9 heteroatoms. The zero-order chi connectivity index (χ0) is 32.4. The van der Waals surface area contributed by atoms with Crippen molar-refractivity contribution in [2.75, 3.05) is 52.4 Å². The first-order chi connectivity index (χ1) is 18.9. The van der Waals surface area contributed by atoms with Gasteiger partial charge in [-0.1, -0.05) is 107 Å². The van der Waals surface area contributed by atoms with Gasteiger partial charge in [-0.05, 0) is 51.4 Å². The summed E-state index contributed by atoms with van der Waals surface area (Å²) in [6.45, 7) is 30.0. The number of nitrogens with zero attached hydrogens (tertiary/aromatic N) is 2. The van der Waals surface area contributed by atoms with E-state index in [2.05, 4.69) is 136 Å². The van der Waals surface area contributed by atoms with Crippen LogP contribution in [-0.2, 0) is 0.992 Å². The van der Waals surface area contributed by atoms with Crippen LogP contribution in [-0.4, -0.2) is 61.3 Å². The molecule has 0 saturated heterocycles. The third kappa shape index (κ3) is 39.6. The predicted octanol–water partition coefficient (Wildman–Crippen LogP) is 15.1. The molecule has 0 fully saturated rings. The van der Waals surface area contributed by atoms with Gasteiger partial charge in [-0.25, -0.2) is 0 Å². The van der Waals surface area contributed by atoms with Crippen LogP contribution in [0.3, 0.4) is 0 Å². The van der Waals surface area contributed by atoms with Crippen molar-refractivity contribution >= 4 is 80.6 Å². The molecule has 0 atom stereocenters. The molecule has 0 bridgehead atoms. The maximum atomic E-state index is 3.36. The molecule has 0 saturated carbocycles. The van der Waals surface area contributed by atoms with Crippen LogP contribution in [0.2, 0.25) is 0 Å². The van der Waals surface area contributed by atoms with Crippen molar-refractivity contribution in [1.29, 1.82) is 0 Å². The third-order valence-corrected chi connectivity index (χ3v) is 7.89. The summed E-state index contributed by atoms with van der Waals surface area (Å²) in [6.07, 6.45) is 22.1. The van der Waals surface area contributed by atoms with Gasteiger partial charge in [0.25, 0.3) is 0 Å². The molecular weight excluding hydrogens is 1080 g/mol. The number of halogens is 6. The molecule has 0 aliphatic heterocycles. The minimum atomic E-state index is -3.38. The first kappa shape index (κ1) is 48.9. The van der Waals surface area contributed by atoms with Gasteiger partial charge in [0.05, 0.1) is 52.4 Å². The Morgan fingerprint density at radius 2 is 0.390 bits per heavy atom. The summed E-state index contributed by atoms with van der Waals surface area (Å²) in [6, 6.07) is 0. The number of hydrogen-bond donors (Lipinski definition) is 0. The molecule has 0 aliphatic rings. The van der Waals surface area contributed by atoms with Crippen molar-refractivity contribution < 1.29 is 9.96 Å². The topological polar surface area (TPSA) is 0 Å². The standard InChI is InChI=1S/2C16H36N.6BrH.Re/c2*1-5-9-13-17(14-10-6-2,15-11-7-3)16-12-8-4;;;;;;;/h2*5-16H2,1-4H3;6*1H;/q2*+1;;;;;;;+4/p-6. The second-order valence-corrected chi connectivity index (χ2v) is 190. The van der Waals surface area contributed by atoms with Crippen LogP contribution in [0, 0.1) is 0 Å². The second kappa shape index (κ2) is 26.4. The van der Waals surface area contributed by atoms with E-state index in [1.807, 2.05) is 0 Å². The van der Waals surface area contributed by atoms with Gasteiger partial charge >= 0.3 is 81.6 Å². The fraction of sp³-hybridized carbons (Fsp3) is 1.00. The molecule has 0 aromatic carbocycles. The molecule has 0 radical (unpaired) electrons. The molecular formula is C32H72Br6N2Re. The number of hydrogen-bond acceptors (Lipinski definition) is 0. The molecule has 0 N–H and O–H groups in total. The molecule has 0 amide bonds. The van der Waals surface area contributed by atoms with Crippen molar-refractivity contribution in [3.8, 4) is 0 Å². The minimum absolute atomic E-state index is 1.35. The van der Waals surface area contributed by atoms with Crippen molar-refractivity contribution in [3.05, 3.63) is 0 Å². The van der Waals surface area contributed by atoms with E-state index in [4.69, 9.17) is 0 Å². The summed E-state index contributed by atoms with van der Waals surface area (Å²) in [4.78, 5) is 0. The van der Waals surface area contributed by atoms with E-state index in [9.17, 15) is 0 Å². The molecule has 0 aromatic rings. The van der Waals surface area contributed by atoms with Crippen LogP contribution in [0.5, 0.6) is 0 Å². The summed E-state index contributed by atoms with van der Waals surface area (Å²) >= 11 is 20.2. The average molecular weight is 1150 g/mol. The maximum absolute atomic E-state index is 3.38. The molecule has 0 unspecified atom stereocenters. The summed E-state index contributed by atoms with van der Waals surface area (Å²) < 4.78 is -0.544. The molecule has 41 heavy (non-hydrogen) atoms. The van der Waals surface area contributed by atoms with Gasteiger partial charge in [0.2, 0.25) is 0 Å². The Morgan fingerprint density at radius 1 is 0.293 bits per heavy atom. The number of quaternary nitrogens is 2. The van der Waals surface area contributed by atoms with Gasteiger partial charge in [-0.3, -0.25) is 0 Å². The van der Waals surface area contributed by atoms with Crippen molar-refractivity contribution in [3.63, 3.8) is 0 Å². The first-order valence-corrected chi connectivity index (χ1v) is 52.6. The molecule has 0 aliphatic carbocycles. The summed E-state index contributed by atoms with van der Waals surface area (Å²) in [5.74, 6) is 0. The van der Waals surface area contributed by atoms with E-state index in [1.165, 1.54) is 164 Å². The van der Waals surface area contributed by atoms with E-state index in [1.54, 1.807) is 0 Å². The fourth-order valence-corrected chi connectivity index (χ4v) is 5.29. The van der Waals surface area contributed by atoms with Gasteiger partial charge in [-0.2, -0.15) is 0 Å². The Kier molecular flexibility index (Phi) is 31.5. The van der Waals surface area contributed by atoms with Crippen LogP contribution in [0.1, 0.15) is 158 Å². The Hall–Kier alpha value is 3.46. The van der Waals surface area contributed by atoms with Gasteiger partial charge in [-0.15, -0.1) is 0 Å². The van der Waals surface area contributed by atoms with Gasteiger partial charge in [0.15, 0.2) is 0 Å². The average Bonchev–Trinajstić information content (AvgIpc) is 2.90. The van der Waals surface area contributed by atoms with E-state index < -0.39 is 0.992 Å². The second-order valence-electron chi connectivity index (χ2n) is 12.1. The molecule has 2 nitrogen and oxygen atoms in total. The van der Waals surface area contributed by atoms with Crippen molar-refractivity contribution in [2.45, 2.75) is 158 Å². The Morgan fingerprint density at radius 3 is 0.463 bits per heavy atom. The van der Waals surface area contributed by atoms with Crippen molar-refractivity contribution in [1.82, 2.24) is 0 Å². The quantitative estimate of drug-likeness (QED) is 0.0845. The molecule has 0 rings (SSSR count). The van der Waals surface area contributed by atoms with Crippen LogP contribution in [0.25, 0.3) is 0 Å². The van der Waals surface area contributed by atoms with Crippen LogP contribution in [0.15, 0.2) is 0 Å². The zero-order valence-corrected chi connectivity index (χ0v) is 40.7. The van der Waals surface area contributed by atoms with Crippen molar-refractivity contribution in [2.24, 2.45) is 0 Å². The monoisotopic (exact) mass is 1150 g/mol. The number of unbranched alkanes of at least 4 members (excludes halogenated alkanes) is 8. The van der Waals surface area contributed by atoms with E-state index in [0.717, 1.165) is 0 Å². The van der Waals surface area contributed by atoms with E-state index in [0.29, 0.717) is 0 Å². The molecule has 0 spiro atoms. The predicted molar refractivity (Wildman–Crippen MR) is 212 cm³/mol. The van der Waals surface area contributed by atoms with Crippen LogP contribution < -0.4 is 0 Å². The molecule has 259 valence electrons. The van der Waals surface area contributed by atoms with Gasteiger partial charge in [0, 0.05) is 0 Å². The van der Waals surface area contributed by atoms with Gasteiger partial charge < -0.3 is 8.97 Å². The zero-order valence-electron chi connectivity index (χ0n) is 28.5. The van der Waals surface area contributed by atoms with E-state index >= 15 is 0 Å². The number of rotatable bonds is 24. The Bertz CT molecular complexity index is 447. The summed E-state index contributed by atoms with van der Waals surface area (Å²) in [5.41, 5.74) is 0.